The smallest absolute Gasteiger partial charge is 0.243 e. The number of nitrogens with zero attached hydrogens (tertiary/aromatic N) is 2. The molecule has 3 atom stereocenters. The maximum absolute atomic E-state index is 14.1. The van der Waals surface area contributed by atoms with Gasteiger partial charge in [-0.15, -0.1) is 0 Å². The summed E-state index contributed by atoms with van der Waals surface area (Å²) in [4.78, 5) is 55.0. The van der Waals surface area contributed by atoms with E-state index in [0.29, 0.717) is 43.8 Å². The third kappa shape index (κ3) is 6.07. The summed E-state index contributed by atoms with van der Waals surface area (Å²) in [6.45, 7) is 12.7. The van der Waals surface area contributed by atoms with E-state index in [2.05, 4.69) is 33.8 Å². The maximum Gasteiger partial charge on any atom is 0.243 e. The number of ketones is 3. The van der Waals surface area contributed by atoms with Crippen molar-refractivity contribution in [2.45, 2.75) is 124 Å². The molecule has 2 aromatic rings. The lowest BCUT2D eigenvalue weighted by atomic mass is 9.80. The molecule has 1 aromatic heterocycles. The molecule has 2 bridgehead atoms. The summed E-state index contributed by atoms with van der Waals surface area (Å²) in [6.07, 6.45) is 9.18. The molecule has 0 radical (unpaired) electrons. The molecule has 1 aliphatic carbocycles. The predicted molar refractivity (Wildman–Crippen MR) is 164 cm³/mol. The van der Waals surface area contributed by atoms with E-state index in [0.717, 1.165) is 60.7 Å². The average Bonchev–Trinajstić information content (AvgIpc) is 3.33. The van der Waals surface area contributed by atoms with Crippen LogP contribution in [-0.4, -0.2) is 51.4 Å². The summed E-state index contributed by atoms with van der Waals surface area (Å²) in [7, 11) is 0. The monoisotopic (exact) mass is 576 g/mol. The fourth-order valence-electron chi connectivity index (χ4n) is 7.55. The highest BCUT2D eigenvalue weighted by Gasteiger charge is 2.66. The van der Waals surface area contributed by atoms with Crippen LogP contribution in [0.2, 0.25) is 0 Å². The number of ether oxygens (including phenoxy) is 1. The molecule has 1 saturated heterocycles. The largest absolute Gasteiger partial charge is 0.493 e. The molecule has 1 saturated carbocycles. The Morgan fingerprint density at radius 2 is 1.83 bits per heavy atom. The van der Waals surface area contributed by atoms with Crippen molar-refractivity contribution in [3.05, 3.63) is 29.5 Å². The Morgan fingerprint density at radius 1 is 1.07 bits per heavy atom. The van der Waals surface area contributed by atoms with Crippen molar-refractivity contribution in [2.75, 3.05) is 6.61 Å². The molecule has 3 heterocycles. The number of aryl methyl sites for hydroxylation is 1. The summed E-state index contributed by atoms with van der Waals surface area (Å²) in [5.41, 5.74) is 2.35. The number of rotatable bonds is 6. The Balaban J connectivity index is 1.58. The van der Waals surface area contributed by atoms with Crippen molar-refractivity contribution in [3.63, 3.8) is 0 Å². The lowest BCUT2D eigenvalue weighted by Crippen LogP contribution is -2.44. The molecule has 0 unspecified atom stereocenters. The second-order valence-corrected chi connectivity index (χ2v) is 14.4. The van der Waals surface area contributed by atoms with E-state index in [1.807, 2.05) is 28.7 Å². The van der Waals surface area contributed by atoms with Gasteiger partial charge in [0.1, 0.15) is 18.1 Å². The van der Waals surface area contributed by atoms with E-state index in [1.54, 1.807) is 6.92 Å². The van der Waals surface area contributed by atoms with Gasteiger partial charge in [-0.05, 0) is 79.9 Å². The Bertz CT molecular complexity index is 1400. The zero-order chi connectivity index (χ0) is 30.4. The van der Waals surface area contributed by atoms with Crippen LogP contribution >= 0.6 is 0 Å². The highest BCUT2D eigenvalue weighted by molar-refractivity contribution is 6.08. The zero-order valence-electron chi connectivity index (χ0n) is 26.4. The summed E-state index contributed by atoms with van der Waals surface area (Å²) in [6, 6.07) is 3.59. The highest BCUT2D eigenvalue weighted by atomic mass is 16.5. The van der Waals surface area contributed by atoms with E-state index in [-0.39, 0.29) is 46.7 Å². The van der Waals surface area contributed by atoms with Gasteiger partial charge in [0.15, 0.2) is 11.6 Å². The van der Waals surface area contributed by atoms with Crippen molar-refractivity contribution in [2.24, 2.45) is 16.7 Å². The number of hydrogen-bond acceptors (Lipinski definition) is 5. The Morgan fingerprint density at radius 3 is 2.52 bits per heavy atom. The number of aromatic nitrogens is 1. The molecular weight excluding hydrogens is 528 g/mol. The van der Waals surface area contributed by atoms with E-state index in [1.165, 1.54) is 0 Å². The van der Waals surface area contributed by atoms with Crippen molar-refractivity contribution < 1.29 is 23.9 Å². The van der Waals surface area contributed by atoms with Crippen LogP contribution in [0.15, 0.2) is 18.3 Å². The molecule has 42 heavy (non-hydrogen) atoms. The van der Waals surface area contributed by atoms with Crippen LogP contribution < -0.4 is 4.74 Å². The lowest BCUT2D eigenvalue weighted by molar-refractivity contribution is -0.139. The first-order chi connectivity index (χ1) is 19.8. The molecule has 228 valence electrons. The molecule has 1 aromatic carbocycles. The van der Waals surface area contributed by atoms with E-state index < -0.39 is 6.04 Å². The van der Waals surface area contributed by atoms with Crippen LogP contribution in [-0.2, 0) is 27.3 Å². The number of hydrogen-bond donors (Lipinski definition) is 0. The van der Waals surface area contributed by atoms with Gasteiger partial charge in [0.2, 0.25) is 5.91 Å². The van der Waals surface area contributed by atoms with E-state index >= 15 is 0 Å². The van der Waals surface area contributed by atoms with Gasteiger partial charge < -0.3 is 14.2 Å². The van der Waals surface area contributed by atoms with Gasteiger partial charge in [-0.2, -0.15) is 0 Å². The van der Waals surface area contributed by atoms with Gasteiger partial charge in [-0.25, -0.2) is 0 Å². The van der Waals surface area contributed by atoms with Crippen LogP contribution in [0.5, 0.6) is 5.75 Å². The Kier molecular flexibility index (Phi) is 8.43. The topological polar surface area (TPSA) is 85.7 Å². The average molecular weight is 577 g/mol. The van der Waals surface area contributed by atoms with Crippen LogP contribution in [0.25, 0.3) is 10.9 Å². The molecule has 2 fully saturated rings. The molecule has 5 rings (SSSR count). The first kappa shape index (κ1) is 30.5. The van der Waals surface area contributed by atoms with Gasteiger partial charge in [0, 0.05) is 42.5 Å². The highest BCUT2D eigenvalue weighted by Crippen LogP contribution is 2.62. The minimum Gasteiger partial charge on any atom is -0.493 e. The zero-order valence-corrected chi connectivity index (χ0v) is 26.4. The molecule has 3 aliphatic rings. The number of carbonyl (C=O) groups is 4. The lowest BCUT2D eigenvalue weighted by Gasteiger charge is -2.27. The second-order valence-electron chi connectivity index (χ2n) is 14.4. The summed E-state index contributed by atoms with van der Waals surface area (Å²) < 4.78 is 8.09. The Hall–Kier alpha value is -2.96. The fourth-order valence-corrected chi connectivity index (χ4v) is 7.55. The van der Waals surface area contributed by atoms with Gasteiger partial charge in [-0.1, -0.05) is 41.0 Å². The summed E-state index contributed by atoms with van der Waals surface area (Å²) >= 11 is 0. The predicted octanol–water partition coefficient (Wildman–Crippen LogP) is 6.71. The minimum absolute atomic E-state index is 0.00612. The molecule has 7 nitrogen and oxygen atoms in total. The molecule has 1 amide bonds. The second kappa shape index (κ2) is 11.6. The molecular formula is C35H48N2O5. The van der Waals surface area contributed by atoms with Crippen molar-refractivity contribution >= 4 is 34.2 Å². The van der Waals surface area contributed by atoms with Gasteiger partial charge in [0.25, 0.3) is 0 Å². The van der Waals surface area contributed by atoms with Crippen molar-refractivity contribution in [1.29, 1.82) is 0 Å². The van der Waals surface area contributed by atoms with Gasteiger partial charge in [-0.3, -0.25) is 19.2 Å². The number of carbonyl (C=O) groups excluding carboxylic acids is 4. The third-order valence-corrected chi connectivity index (χ3v) is 9.85. The third-order valence-electron chi connectivity index (χ3n) is 9.85. The number of Topliss-reactive ketones (excluding diaryl/α,β-unsaturated/α-hetero) is 3. The molecule has 7 heteroatoms. The van der Waals surface area contributed by atoms with Gasteiger partial charge >= 0.3 is 0 Å². The number of amides is 1. The fraction of sp³-hybridized carbons (Fsp3) is 0.657. The first-order valence-electron chi connectivity index (χ1n) is 16.0. The van der Waals surface area contributed by atoms with E-state index in [4.69, 9.17) is 4.74 Å². The standard InChI is InChI=1S/C35H48N2O5/c1-7-30(40)29-17-35-13-11-25(39)16-34(5,6)12-9-8-10-24-14-26(42-21-22(2)3)15-27-28(23(4)38)19-36(33(24)27)20-32(41)37(29)31(35)18-35/h14-15,19,22,29,31H,7-13,16-18,20-21H2,1-6H3/t29-,31+,35-/m0/s1. The number of benzene rings is 1. The van der Waals surface area contributed by atoms with Crippen LogP contribution in [0.4, 0.5) is 0 Å². The quantitative estimate of drug-likeness (QED) is 0.357. The molecule has 0 spiro atoms. The number of piperidine rings is 1. The normalized spacial score (nSPS) is 26.3. The van der Waals surface area contributed by atoms with Crippen molar-refractivity contribution in [1.82, 2.24) is 9.47 Å². The first-order valence-corrected chi connectivity index (χ1v) is 16.0. The minimum atomic E-state index is -0.434. The van der Waals surface area contributed by atoms with Crippen molar-refractivity contribution in [3.8, 4) is 5.75 Å². The van der Waals surface area contributed by atoms with E-state index in [9.17, 15) is 19.2 Å². The van der Waals surface area contributed by atoms with Crippen LogP contribution in [0.3, 0.4) is 0 Å². The van der Waals surface area contributed by atoms with Gasteiger partial charge in [0.05, 0.1) is 18.2 Å². The Labute approximate surface area is 250 Å². The van der Waals surface area contributed by atoms with Crippen LogP contribution in [0.1, 0.15) is 115 Å². The summed E-state index contributed by atoms with van der Waals surface area (Å²) in [5, 5.41) is 0.818. The molecule has 0 N–H and O–H groups in total. The summed E-state index contributed by atoms with van der Waals surface area (Å²) in [5.74, 6) is 1.35. The maximum atomic E-state index is 14.1. The van der Waals surface area contributed by atoms with Crippen LogP contribution in [0, 0.1) is 16.7 Å². The SMILES string of the molecule is CCC(=O)[C@@H]1C[C@]23CCC(=O)CC(C)(C)CCCCc4cc(OCC(C)C)cc5c(C(C)=O)cn(c45)CC(=O)N1[C@@H]2C3. The molecule has 2 aliphatic heterocycles.